The lowest BCUT2D eigenvalue weighted by Crippen LogP contribution is -2.19. The molecule has 0 spiro atoms. The molecular weight excluding hydrogens is 226 g/mol. The van der Waals surface area contributed by atoms with E-state index < -0.39 is 0 Å². The maximum Gasteiger partial charge on any atom is 0.244 e. The zero-order chi connectivity index (χ0) is 12.8. The monoisotopic (exact) mass is 241 g/mol. The van der Waals surface area contributed by atoms with E-state index in [1.165, 1.54) is 0 Å². The second-order valence-corrected chi connectivity index (χ2v) is 4.00. The third kappa shape index (κ3) is 3.31. The second-order valence-electron chi connectivity index (χ2n) is 4.00. The molecule has 1 amide bonds. The molecule has 0 saturated heterocycles. The molecule has 1 heterocycles. The van der Waals surface area contributed by atoms with Crippen LogP contribution >= 0.6 is 0 Å². The van der Waals surface area contributed by atoms with Crippen LogP contribution in [0.5, 0.6) is 0 Å². The molecule has 0 bridgehead atoms. The number of carbonyl (C=O) groups excluding carboxylic acids is 1. The van der Waals surface area contributed by atoms with Gasteiger partial charge >= 0.3 is 0 Å². The van der Waals surface area contributed by atoms with Crippen molar-refractivity contribution in [1.29, 1.82) is 0 Å². The number of nitrogens with one attached hydrogen (secondary N) is 1. The van der Waals surface area contributed by atoms with Crippen LogP contribution in [0, 0.1) is 0 Å². The summed E-state index contributed by atoms with van der Waals surface area (Å²) in [7, 11) is 1.92. The summed E-state index contributed by atoms with van der Waals surface area (Å²) in [5.74, 6) is -0.119. The van der Waals surface area contributed by atoms with Crippen LogP contribution in [-0.4, -0.2) is 16.7 Å². The number of amides is 1. The van der Waals surface area contributed by atoms with Gasteiger partial charge in [0.25, 0.3) is 0 Å². The number of benzene rings is 1. The van der Waals surface area contributed by atoms with Gasteiger partial charge in [-0.2, -0.15) is 5.10 Å². The number of rotatable bonds is 4. The fraction of sp³-hybridized carbons (Fsp3) is 0.143. The lowest BCUT2D eigenvalue weighted by atomic mass is 10.1. The fourth-order valence-electron chi connectivity index (χ4n) is 1.60. The van der Waals surface area contributed by atoms with Crippen LogP contribution in [0.3, 0.4) is 0 Å². The Morgan fingerprint density at radius 1 is 1.28 bits per heavy atom. The van der Waals surface area contributed by atoms with Gasteiger partial charge in [0.1, 0.15) is 0 Å². The summed E-state index contributed by atoms with van der Waals surface area (Å²) in [6.45, 7) is 0. The Hall–Kier alpha value is -2.36. The summed E-state index contributed by atoms with van der Waals surface area (Å²) in [5.41, 5.74) is 4.43. The SMILES string of the molecule is Cn1cccc1/C=N\NC(=O)Cc1ccccc1. The third-order valence-electron chi connectivity index (χ3n) is 2.58. The van der Waals surface area contributed by atoms with Gasteiger partial charge in [-0.1, -0.05) is 30.3 Å². The van der Waals surface area contributed by atoms with Crippen LogP contribution in [0.4, 0.5) is 0 Å². The molecule has 1 N–H and O–H groups in total. The summed E-state index contributed by atoms with van der Waals surface area (Å²) in [6.07, 6.45) is 3.89. The Morgan fingerprint density at radius 2 is 2.06 bits per heavy atom. The van der Waals surface area contributed by atoms with Crippen molar-refractivity contribution in [2.45, 2.75) is 6.42 Å². The number of aryl methyl sites for hydroxylation is 1. The predicted octanol–water partition coefficient (Wildman–Crippen LogP) is 1.72. The number of hydrazone groups is 1. The first kappa shape index (κ1) is 12.1. The van der Waals surface area contributed by atoms with Crippen LogP contribution in [0.2, 0.25) is 0 Å². The molecule has 1 aromatic heterocycles. The number of hydrogen-bond donors (Lipinski definition) is 1. The van der Waals surface area contributed by atoms with Crippen LogP contribution in [0.1, 0.15) is 11.3 Å². The van der Waals surface area contributed by atoms with Crippen LogP contribution < -0.4 is 5.43 Å². The summed E-state index contributed by atoms with van der Waals surface area (Å²) < 4.78 is 1.92. The molecule has 0 unspecified atom stereocenters. The van der Waals surface area contributed by atoms with Crippen molar-refractivity contribution in [2.75, 3.05) is 0 Å². The minimum absolute atomic E-state index is 0.119. The van der Waals surface area contributed by atoms with Gasteiger partial charge in [-0.25, -0.2) is 5.43 Å². The molecule has 2 aromatic rings. The zero-order valence-corrected chi connectivity index (χ0v) is 10.2. The first-order chi connectivity index (χ1) is 8.75. The smallest absolute Gasteiger partial charge is 0.244 e. The first-order valence-electron chi connectivity index (χ1n) is 5.73. The van der Waals surface area contributed by atoms with Crippen LogP contribution in [0.15, 0.2) is 53.8 Å². The number of aromatic nitrogens is 1. The summed E-state index contributed by atoms with van der Waals surface area (Å²) in [4.78, 5) is 11.6. The minimum Gasteiger partial charge on any atom is -0.350 e. The highest BCUT2D eigenvalue weighted by atomic mass is 16.2. The Labute approximate surface area is 106 Å². The average Bonchev–Trinajstić information content (AvgIpc) is 2.76. The molecule has 2 rings (SSSR count). The quantitative estimate of drug-likeness (QED) is 0.643. The molecule has 4 heteroatoms. The van der Waals surface area contributed by atoms with Gasteiger partial charge in [0, 0.05) is 13.2 Å². The number of nitrogens with zero attached hydrogens (tertiary/aromatic N) is 2. The Bertz CT molecular complexity index is 543. The third-order valence-corrected chi connectivity index (χ3v) is 2.58. The van der Waals surface area contributed by atoms with Crippen molar-refractivity contribution in [2.24, 2.45) is 12.1 Å². The van der Waals surface area contributed by atoms with E-state index >= 15 is 0 Å². The Morgan fingerprint density at radius 3 is 2.72 bits per heavy atom. The van der Waals surface area contributed by atoms with Gasteiger partial charge in [0.05, 0.1) is 18.3 Å². The molecule has 0 radical (unpaired) electrons. The van der Waals surface area contributed by atoms with E-state index in [9.17, 15) is 4.79 Å². The molecule has 0 atom stereocenters. The molecule has 18 heavy (non-hydrogen) atoms. The summed E-state index contributed by atoms with van der Waals surface area (Å²) in [6, 6.07) is 13.4. The van der Waals surface area contributed by atoms with Crippen molar-refractivity contribution in [1.82, 2.24) is 9.99 Å². The average molecular weight is 241 g/mol. The summed E-state index contributed by atoms with van der Waals surface area (Å²) in [5, 5.41) is 3.93. The lowest BCUT2D eigenvalue weighted by molar-refractivity contribution is -0.120. The Kier molecular flexibility index (Phi) is 3.91. The van der Waals surface area contributed by atoms with E-state index in [-0.39, 0.29) is 5.91 Å². The molecule has 0 saturated carbocycles. The highest BCUT2D eigenvalue weighted by Gasteiger charge is 2.00. The van der Waals surface area contributed by atoms with E-state index in [0.717, 1.165) is 11.3 Å². The number of carbonyl (C=O) groups is 1. The zero-order valence-electron chi connectivity index (χ0n) is 10.2. The van der Waals surface area contributed by atoms with E-state index in [1.807, 2.05) is 60.3 Å². The molecule has 0 aliphatic heterocycles. The van der Waals surface area contributed by atoms with Crippen molar-refractivity contribution in [3.63, 3.8) is 0 Å². The standard InChI is InChI=1S/C14H15N3O/c1-17-9-5-8-13(17)11-15-16-14(18)10-12-6-3-2-4-7-12/h2-9,11H,10H2,1H3,(H,16,18)/b15-11-. The Balaban J connectivity index is 1.86. The van der Waals surface area contributed by atoms with Gasteiger partial charge in [-0.05, 0) is 17.7 Å². The molecule has 0 fully saturated rings. The molecular formula is C14H15N3O. The second kappa shape index (κ2) is 5.82. The van der Waals surface area contributed by atoms with Crippen molar-refractivity contribution < 1.29 is 4.79 Å². The highest BCUT2D eigenvalue weighted by molar-refractivity contribution is 5.82. The molecule has 4 nitrogen and oxygen atoms in total. The first-order valence-corrected chi connectivity index (χ1v) is 5.73. The maximum absolute atomic E-state index is 11.6. The van der Waals surface area contributed by atoms with E-state index in [0.29, 0.717) is 6.42 Å². The lowest BCUT2D eigenvalue weighted by Gasteiger charge is -2.00. The molecule has 1 aromatic carbocycles. The van der Waals surface area contributed by atoms with Gasteiger partial charge in [-0.3, -0.25) is 4.79 Å². The molecule has 0 aliphatic rings. The van der Waals surface area contributed by atoms with Gasteiger partial charge in [-0.15, -0.1) is 0 Å². The van der Waals surface area contributed by atoms with Crippen LogP contribution in [-0.2, 0) is 18.3 Å². The van der Waals surface area contributed by atoms with Crippen molar-refractivity contribution >= 4 is 12.1 Å². The van der Waals surface area contributed by atoms with E-state index in [4.69, 9.17) is 0 Å². The largest absolute Gasteiger partial charge is 0.350 e. The topological polar surface area (TPSA) is 46.4 Å². The molecule has 92 valence electrons. The predicted molar refractivity (Wildman–Crippen MR) is 71.3 cm³/mol. The van der Waals surface area contributed by atoms with Gasteiger partial charge in [0.15, 0.2) is 0 Å². The summed E-state index contributed by atoms with van der Waals surface area (Å²) >= 11 is 0. The van der Waals surface area contributed by atoms with Gasteiger partial charge < -0.3 is 4.57 Å². The molecule has 0 aliphatic carbocycles. The van der Waals surface area contributed by atoms with Crippen molar-refractivity contribution in [3.8, 4) is 0 Å². The minimum atomic E-state index is -0.119. The number of hydrogen-bond acceptors (Lipinski definition) is 2. The van der Waals surface area contributed by atoms with Crippen LogP contribution in [0.25, 0.3) is 0 Å². The van der Waals surface area contributed by atoms with E-state index in [1.54, 1.807) is 6.21 Å². The van der Waals surface area contributed by atoms with Crippen molar-refractivity contribution in [3.05, 3.63) is 59.9 Å². The van der Waals surface area contributed by atoms with E-state index in [2.05, 4.69) is 10.5 Å². The highest BCUT2D eigenvalue weighted by Crippen LogP contribution is 1.99. The fourth-order valence-corrected chi connectivity index (χ4v) is 1.60. The maximum atomic E-state index is 11.6. The normalized spacial score (nSPS) is 10.7. The van der Waals surface area contributed by atoms with Gasteiger partial charge in [0.2, 0.25) is 5.91 Å².